The third kappa shape index (κ3) is 4.50. The standard InChI is InChI=1S/C22H22F2N4O3/c23-15-4-5-18(19(24)12-15)21(30)27-9-6-14(7-10-27)20(29)26-16-2-1-3-17(13-16)28-11-8-25-22(28)31/h1-5,12-14H,6-11H2,(H,25,31)(H,26,29). The van der Waals surface area contributed by atoms with Gasteiger partial charge in [-0.15, -0.1) is 0 Å². The van der Waals surface area contributed by atoms with E-state index in [-0.39, 0.29) is 23.4 Å². The van der Waals surface area contributed by atoms with Gasteiger partial charge in [0.25, 0.3) is 5.91 Å². The molecule has 2 fully saturated rings. The van der Waals surface area contributed by atoms with Gasteiger partial charge in [-0.05, 0) is 43.2 Å². The fraction of sp³-hybridized carbons (Fsp3) is 0.318. The van der Waals surface area contributed by atoms with Crippen LogP contribution in [0.15, 0.2) is 42.5 Å². The fourth-order valence-corrected chi connectivity index (χ4v) is 3.89. The Morgan fingerprint density at radius 3 is 2.48 bits per heavy atom. The third-order valence-electron chi connectivity index (χ3n) is 5.60. The second-order valence-corrected chi connectivity index (χ2v) is 7.61. The molecule has 0 aliphatic carbocycles. The minimum atomic E-state index is -0.892. The van der Waals surface area contributed by atoms with Crippen molar-refractivity contribution in [3.05, 3.63) is 59.7 Å². The normalized spacial score (nSPS) is 16.9. The number of rotatable bonds is 4. The molecule has 2 aromatic rings. The summed E-state index contributed by atoms with van der Waals surface area (Å²) in [6.07, 6.45) is 0.878. The van der Waals surface area contributed by atoms with Crippen molar-refractivity contribution in [1.29, 1.82) is 0 Å². The number of hydrogen-bond donors (Lipinski definition) is 2. The fourth-order valence-electron chi connectivity index (χ4n) is 3.89. The van der Waals surface area contributed by atoms with Gasteiger partial charge >= 0.3 is 6.03 Å². The Hall–Kier alpha value is -3.49. The minimum Gasteiger partial charge on any atom is -0.339 e. The van der Waals surface area contributed by atoms with E-state index < -0.39 is 17.5 Å². The number of anilines is 2. The maximum atomic E-state index is 13.9. The number of amides is 4. The van der Waals surface area contributed by atoms with E-state index in [0.717, 1.165) is 12.1 Å². The number of halogens is 2. The molecule has 0 spiro atoms. The molecule has 0 atom stereocenters. The van der Waals surface area contributed by atoms with E-state index in [2.05, 4.69) is 10.6 Å². The van der Waals surface area contributed by atoms with Crippen molar-refractivity contribution >= 4 is 29.2 Å². The van der Waals surface area contributed by atoms with Gasteiger partial charge in [-0.1, -0.05) is 6.07 Å². The van der Waals surface area contributed by atoms with Gasteiger partial charge in [0.2, 0.25) is 5.91 Å². The lowest BCUT2D eigenvalue weighted by Gasteiger charge is -2.31. The molecule has 0 radical (unpaired) electrons. The van der Waals surface area contributed by atoms with Crippen LogP contribution in [0.1, 0.15) is 23.2 Å². The van der Waals surface area contributed by atoms with E-state index in [1.54, 1.807) is 29.2 Å². The molecule has 4 rings (SSSR count). The summed E-state index contributed by atoms with van der Waals surface area (Å²) in [4.78, 5) is 40.1. The van der Waals surface area contributed by atoms with Crippen LogP contribution in [0.25, 0.3) is 0 Å². The summed E-state index contributed by atoms with van der Waals surface area (Å²) in [7, 11) is 0. The Balaban J connectivity index is 1.34. The lowest BCUT2D eigenvalue weighted by atomic mass is 9.95. The zero-order valence-electron chi connectivity index (χ0n) is 16.7. The average Bonchev–Trinajstić information content (AvgIpc) is 3.19. The summed E-state index contributed by atoms with van der Waals surface area (Å²) in [6, 6.07) is 9.79. The van der Waals surface area contributed by atoms with Crippen LogP contribution in [-0.2, 0) is 4.79 Å². The molecule has 2 heterocycles. The van der Waals surface area contributed by atoms with Crippen LogP contribution in [-0.4, -0.2) is 48.9 Å². The Kier molecular flexibility index (Phi) is 5.83. The van der Waals surface area contributed by atoms with Crippen molar-refractivity contribution in [2.45, 2.75) is 12.8 Å². The molecule has 2 aliphatic heterocycles. The summed E-state index contributed by atoms with van der Waals surface area (Å²) < 4.78 is 27.0. The largest absolute Gasteiger partial charge is 0.339 e. The second-order valence-electron chi connectivity index (χ2n) is 7.61. The van der Waals surface area contributed by atoms with Crippen LogP contribution in [0, 0.1) is 17.6 Å². The Morgan fingerprint density at radius 2 is 1.81 bits per heavy atom. The van der Waals surface area contributed by atoms with Crippen LogP contribution >= 0.6 is 0 Å². The zero-order chi connectivity index (χ0) is 22.0. The molecule has 31 heavy (non-hydrogen) atoms. The molecule has 4 amide bonds. The zero-order valence-corrected chi connectivity index (χ0v) is 16.7. The van der Waals surface area contributed by atoms with Crippen LogP contribution in [0.4, 0.5) is 25.0 Å². The first kappa shape index (κ1) is 20.8. The molecule has 2 saturated heterocycles. The lowest BCUT2D eigenvalue weighted by Crippen LogP contribution is -2.41. The van der Waals surface area contributed by atoms with E-state index in [0.29, 0.717) is 56.5 Å². The Labute approximate surface area is 178 Å². The smallest absolute Gasteiger partial charge is 0.321 e. The summed E-state index contributed by atoms with van der Waals surface area (Å²) in [5.41, 5.74) is 1.12. The Morgan fingerprint density at radius 1 is 1.03 bits per heavy atom. The number of urea groups is 1. The maximum Gasteiger partial charge on any atom is 0.321 e. The minimum absolute atomic E-state index is 0.164. The first-order valence-electron chi connectivity index (χ1n) is 10.1. The molecule has 0 bridgehead atoms. The van der Waals surface area contributed by atoms with Gasteiger partial charge in [-0.25, -0.2) is 13.6 Å². The second kappa shape index (κ2) is 8.71. The molecule has 0 saturated carbocycles. The number of benzene rings is 2. The van der Waals surface area contributed by atoms with Gasteiger partial charge in [0, 0.05) is 49.5 Å². The van der Waals surface area contributed by atoms with Gasteiger partial charge in [0.05, 0.1) is 5.56 Å². The van der Waals surface area contributed by atoms with Crippen LogP contribution < -0.4 is 15.5 Å². The highest BCUT2D eigenvalue weighted by atomic mass is 19.1. The Bertz CT molecular complexity index is 1020. The highest BCUT2D eigenvalue weighted by Crippen LogP contribution is 2.24. The van der Waals surface area contributed by atoms with Crippen molar-refractivity contribution in [3.63, 3.8) is 0 Å². The molecule has 0 unspecified atom stereocenters. The molecule has 9 heteroatoms. The predicted octanol–water partition coefficient (Wildman–Crippen LogP) is 2.99. The van der Waals surface area contributed by atoms with Gasteiger partial charge in [0.1, 0.15) is 11.6 Å². The first-order chi connectivity index (χ1) is 14.9. The molecule has 2 aromatic carbocycles. The van der Waals surface area contributed by atoms with Gasteiger partial charge in [-0.3, -0.25) is 14.5 Å². The third-order valence-corrected chi connectivity index (χ3v) is 5.60. The summed E-state index contributed by atoms with van der Waals surface area (Å²) in [5, 5.41) is 5.62. The van der Waals surface area contributed by atoms with E-state index in [1.807, 2.05) is 0 Å². The number of likely N-dealkylation sites (tertiary alicyclic amines) is 1. The summed E-state index contributed by atoms with van der Waals surface area (Å²) in [6.45, 7) is 1.76. The number of nitrogens with zero attached hydrogens (tertiary/aromatic N) is 2. The average molecular weight is 428 g/mol. The van der Waals surface area contributed by atoms with E-state index >= 15 is 0 Å². The molecule has 2 N–H and O–H groups in total. The highest BCUT2D eigenvalue weighted by Gasteiger charge is 2.29. The summed E-state index contributed by atoms with van der Waals surface area (Å²) >= 11 is 0. The molecule has 0 aromatic heterocycles. The molecular weight excluding hydrogens is 406 g/mol. The van der Waals surface area contributed by atoms with Crippen molar-refractivity contribution < 1.29 is 23.2 Å². The van der Waals surface area contributed by atoms with Crippen LogP contribution in [0.3, 0.4) is 0 Å². The quantitative estimate of drug-likeness (QED) is 0.786. The van der Waals surface area contributed by atoms with E-state index in [9.17, 15) is 23.2 Å². The molecule has 2 aliphatic rings. The lowest BCUT2D eigenvalue weighted by molar-refractivity contribution is -0.121. The van der Waals surface area contributed by atoms with E-state index in [4.69, 9.17) is 0 Å². The monoisotopic (exact) mass is 428 g/mol. The number of carbonyl (C=O) groups is 3. The SMILES string of the molecule is O=C(Nc1cccc(N2CCNC2=O)c1)C1CCN(C(=O)c2ccc(F)cc2F)CC1. The van der Waals surface area contributed by atoms with Crippen molar-refractivity contribution in [2.24, 2.45) is 5.92 Å². The van der Waals surface area contributed by atoms with Crippen molar-refractivity contribution in [2.75, 3.05) is 36.4 Å². The molecular formula is C22H22F2N4O3. The summed E-state index contributed by atoms with van der Waals surface area (Å²) in [5.74, 6) is -2.59. The van der Waals surface area contributed by atoms with Crippen molar-refractivity contribution in [3.8, 4) is 0 Å². The molecule has 7 nitrogen and oxygen atoms in total. The molecule has 162 valence electrons. The number of hydrogen-bond acceptors (Lipinski definition) is 3. The van der Waals surface area contributed by atoms with Gasteiger partial charge in [0.15, 0.2) is 0 Å². The first-order valence-corrected chi connectivity index (χ1v) is 10.1. The number of carbonyl (C=O) groups excluding carboxylic acids is 3. The number of piperidine rings is 1. The predicted molar refractivity (Wildman–Crippen MR) is 111 cm³/mol. The maximum absolute atomic E-state index is 13.9. The number of nitrogens with one attached hydrogen (secondary N) is 2. The van der Waals surface area contributed by atoms with Gasteiger partial charge < -0.3 is 15.5 Å². The highest BCUT2D eigenvalue weighted by molar-refractivity contribution is 5.97. The van der Waals surface area contributed by atoms with Gasteiger partial charge in [-0.2, -0.15) is 0 Å². The van der Waals surface area contributed by atoms with Crippen molar-refractivity contribution in [1.82, 2.24) is 10.2 Å². The topological polar surface area (TPSA) is 81.8 Å². The van der Waals surface area contributed by atoms with E-state index in [1.165, 1.54) is 4.90 Å². The van der Waals surface area contributed by atoms with Crippen LogP contribution in [0.5, 0.6) is 0 Å². The van der Waals surface area contributed by atoms with Crippen LogP contribution in [0.2, 0.25) is 0 Å².